The van der Waals surface area contributed by atoms with E-state index in [9.17, 15) is 18.3 Å². The molecule has 0 aromatic heterocycles. The summed E-state index contributed by atoms with van der Waals surface area (Å²) in [5.41, 5.74) is -1.56. The second-order valence-electron chi connectivity index (χ2n) is 7.40. The summed E-state index contributed by atoms with van der Waals surface area (Å²) in [6.45, 7) is 7.65. The van der Waals surface area contributed by atoms with Gasteiger partial charge in [0.25, 0.3) is 0 Å². The topological polar surface area (TPSA) is 73.0 Å². The number of aliphatic hydroxyl groups excluding tert-OH is 2. The molecule has 2 rings (SSSR count). The summed E-state index contributed by atoms with van der Waals surface area (Å²) < 4.78 is 38.8. The Labute approximate surface area is 197 Å². The molecule has 2 aromatic rings. The van der Waals surface area contributed by atoms with Crippen molar-refractivity contribution in [3.63, 3.8) is 0 Å². The van der Waals surface area contributed by atoms with Gasteiger partial charge in [-0.15, -0.1) is 0 Å². The molecule has 31 heavy (non-hydrogen) atoms. The van der Waals surface area contributed by atoms with E-state index >= 15 is 0 Å². The average molecular weight is 475 g/mol. The molecule has 0 heterocycles. The van der Waals surface area contributed by atoms with Gasteiger partial charge in [-0.2, -0.15) is 13.2 Å². The van der Waals surface area contributed by atoms with E-state index in [1.807, 2.05) is 0 Å². The molecule has 0 fully saturated rings. The number of halogens is 3. The summed E-state index contributed by atoms with van der Waals surface area (Å²) in [4.78, 5) is 4.28. The van der Waals surface area contributed by atoms with Crippen molar-refractivity contribution >= 4 is 11.4 Å². The molecule has 0 saturated carbocycles. The minimum absolute atomic E-state index is 0. The van der Waals surface area contributed by atoms with Gasteiger partial charge in [0.2, 0.25) is 0 Å². The molecule has 0 aliphatic carbocycles. The predicted octanol–water partition coefficient (Wildman–Crippen LogP) is 5.28. The number of alkyl halides is 3. The molecule has 0 amide bonds. The van der Waals surface area contributed by atoms with Crippen LogP contribution in [0, 0.1) is 0 Å². The molecule has 4 nitrogen and oxygen atoms in total. The summed E-state index contributed by atoms with van der Waals surface area (Å²) in [5, 5.41) is 25.9. The van der Waals surface area contributed by atoms with Crippen molar-refractivity contribution in [2.75, 3.05) is 0 Å². The number of aliphatic imine (C=N–C) groups is 1. The van der Waals surface area contributed by atoms with Gasteiger partial charge in [0, 0.05) is 40.3 Å². The van der Waals surface area contributed by atoms with Crippen LogP contribution in [0.3, 0.4) is 0 Å². The zero-order chi connectivity index (χ0) is 23.4. The zero-order valence-corrected chi connectivity index (χ0v) is 20.1. The Balaban J connectivity index is 0. The molecule has 0 bridgehead atoms. The van der Waals surface area contributed by atoms with Crippen molar-refractivity contribution in [1.82, 2.24) is 0 Å². The van der Waals surface area contributed by atoms with E-state index in [-0.39, 0.29) is 39.6 Å². The van der Waals surface area contributed by atoms with E-state index in [0.717, 1.165) is 6.92 Å². The van der Waals surface area contributed by atoms with Gasteiger partial charge in [-0.3, -0.25) is 4.99 Å². The number of aliphatic hydroxyl groups is 3. The van der Waals surface area contributed by atoms with Crippen LogP contribution >= 0.6 is 0 Å². The monoisotopic (exact) mass is 475 g/mol. The second kappa shape index (κ2) is 15.3. The summed E-state index contributed by atoms with van der Waals surface area (Å²) in [6.07, 6.45) is -5.67. The molecular weight excluding hydrogens is 443 g/mol. The third-order valence-corrected chi connectivity index (χ3v) is 3.25. The molecule has 1 unspecified atom stereocenters. The van der Waals surface area contributed by atoms with E-state index in [1.165, 1.54) is 0 Å². The number of para-hydroxylation sites is 1. The fourth-order valence-corrected chi connectivity index (χ4v) is 1.92. The Morgan fingerprint density at radius 3 is 1.55 bits per heavy atom. The third kappa shape index (κ3) is 15.0. The third-order valence-electron chi connectivity index (χ3n) is 3.25. The molecular formula is C23H32F3NO3Ti. The van der Waals surface area contributed by atoms with E-state index in [0.29, 0.717) is 11.3 Å². The molecule has 1 atom stereocenters. The van der Waals surface area contributed by atoms with Gasteiger partial charge in [0.1, 0.15) is 0 Å². The van der Waals surface area contributed by atoms with Gasteiger partial charge in [0.15, 0.2) is 5.60 Å². The smallest absolute Gasteiger partial charge is 0.394 e. The van der Waals surface area contributed by atoms with Gasteiger partial charge in [-0.25, -0.2) is 0 Å². The Bertz CT molecular complexity index is 723. The fourth-order valence-electron chi connectivity index (χ4n) is 1.92. The Kier molecular flexibility index (Phi) is 15.7. The first-order valence-electron chi connectivity index (χ1n) is 9.59. The largest absolute Gasteiger partial charge is 0.417 e. The van der Waals surface area contributed by atoms with Crippen LogP contribution < -0.4 is 0 Å². The molecule has 0 spiro atoms. The molecule has 8 heteroatoms. The van der Waals surface area contributed by atoms with E-state index in [1.54, 1.807) is 88.4 Å². The van der Waals surface area contributed by atoms with Crippen LogP contribution in [0.25, 0.3) is 0 Å². The summed E-state index contributed by atoms with van der Waals surface area (Å²) in [7, 11) is 0. The number of nitrogens with zero attached hydrogens (tertiary/aromatic N) is 1. The normalized spacial score (nSPS) is 13.3. The van der Waals surface area contributed by atoms with E-state index in [4.69, 9.17) is 10.2 Å². The maximum Gasteiger partial charge on any atom is 0.417 e. The van der Waals surface area contributed by atoms with Crippen LogP contribution in [0.15, 0.2) is 65.7 Å². The van der Waals surface area contributed by atoms with Gasteiger partial charge in [-0.05, 0) is 52.3 Å². The molecule has 0 aliphatic rings. The Morgan fingerprint density at radius 2 is 1.19 bits per heavy atom. The maximum absolute atomic E-state index is 12.9. The number of benzene rings is 2. The van der Waals surface area contributed by atoms with Crippen molar-refractivity contribution in [3.8, 4) is 0 Å². The maximum atomic E-state index is 12.9. The van der Waals surface area contributed by atoms with Gasteiger partial charge >= 0.3 is 6.18 Å². The van der Waals surface area contributed by atoms with Crippen LogP contribution in [0.5, 0.6) is 0 Å². The molecule has 172 valence electrons. The van der Waals surface area contributed by atoms with Gasteiger partial charge in [-0.1, -0.05) is 48.5 Å². The van der Waals surface area contributed by atoms with Crippen LogP contribution in [0.4, 0.5) is 18.9 Å². The quantitative estimate of drug-likeness (QED) is 0.416. The standard InChI is InChI=1S/C17H16F3NO.2C3H8O.Ti/c1-16(22,17(18,19)20)12-15(13-8-4-2-5-9-13)21-14-10-6-3-7-11-14;2*1-3(2)4;/h2-11,22H,12H2,1H3;2*3-4H,1-2H3;. The number of rotatable bonds is 4. The van der Waals surface area contributed by atoms with Crippen LogP contribution in [0.1, 0.15) is 46.6 Å². The molecule has 0 radical (unpaired) electrons. The van der Waals surface area contributed by atoms with Crippen LogP contribution in [0.2, 0.25) is 0 Å². The van der Waals surface area contributed by atoms with E-state index in [2.05, 4.69) is 4.99 Å². The van der Waals surface area contributed by atoms with Crippen molar-refractivity contribution in [3.05, 3.63) is 66.2 Å². The summed E-state index contributed by atoms with van der Waals surface area (Å²) >= 11 is 0. The predicted molar refractivity (Wildman–Crippen MR) is 115 cm³/mol. The fraction of sp³-hybridized carbons (Fsp3) is 0.435. The first-order valence-corrected chi connectivity index (χ1v) is 9.59. The van der Waals surface area contributed by atoms with Crippen molar-refractivity contribution in [2.24, 2.45) is 4.99 Å². The van der Waals surface area contributed by atoms with Crippen LogP contribution in [-0.4, -0.2) is 45.0 Å². The minimum atomic E-state index is -4.72. The van der Waals surface area contributed by atoms with Gasteiger partial charge < -0.3 is 15.3 Å². The minimum Gasteiger partial charge on any atom is -0.394 e. The summed E-state index contributed by atoms with van der Waals surface area (Å²) in [6, 6.07) is 17.3. The SMILES string of the molecule is CC(C)O.CC(C)O.CC(O)(CC(=Nc1ccccc1)c1ccccc1)C(F)(F)F.[Ti]. The van der Waals surface area contributed by atoms with Crippen LogP contribution in [-0.2, 0) is 21.7 Å². The Hall–Kier alpha value is -1.51. The van der Waals surface area contributed by atoms with E-state index < -0.39 is 18.2 Å². The first-order chi connectivity index (χ1) is 13.8. The number of hydrogen-bond donors (Lipinski definition) is 3. The molecule has 0 saturated heterocycles. The van der Waals surface area contributed by atoms with Crippen molar-refractivity contribution in [2.45, 2.75) is 65.0 Å². The Morgan fingerprint density at radius 1 is 0.839 bits per heavy atom. The second-order valence-corrected chi connectivity index (χ2v) is 7.40. The molecule has 2 aromatic carbocycles. The first kappa shape index (κ1) is 31.7. The number of hydrogen-bond acceptors (Lipinski definition) is 4. The average Bonchev–Trinajstić information content (AvgIpc) is 2.61. The molecule has 3 N–H and O–H groups in total. The zero-order valence-electron chi connectivity index (χ0n) is 18.6. The van der Waals surface area contributed by atoms with Crippen molar-refractivity contribution < 1.29 is 50.2 Å². The van der Waals surface area contributed by atoms with Crippen molar-refractivity contribution in [1.29, 1.82) is 0 Å². The van der Waals surface area contributed by atoms with Gasteiger partial charge in [0.05, 0.1) is 11.4 Å². The molecule has 0 aliphatic heterocycles. The summed E-state index contributed by atoms with van der Waals surface area (Å²) in [5.74, 6) is 0.